The van der Waals surface area contributed by atoms with E-state index in [4.69, 9.17) is 14.5 Å². The molecule has 0 bridgehead atoms. The Morgan fingerprint density at radius 1 is 1.00 bits per heavy atom. The van der Waals surface area contributed by atoms with Crippen molar-refractivity contribution in [1.29, 1.82) is 0 Å². The first-order valence-corrected chi connectivity index (χ1v) is 14.8. The third kappa shape index (κ3) is 5.90. The molecule has 0 aliphatic heterocycles. The minimum absolute atomic E-state index is 0.157. The fourth-order valence-electron chi connectivity index (χ4n) is 4.71. The molecule has 4 aromatic rings. The molecule has 1 aliphatic rings. The van der Waals surface area contributed by atoms with Crippen molar-refractivity contribution in [3.63, 3.8) is 0 Å². The lowest BCUT2D eigenvalue weighted by Gasteiger charge is -2.22. The molecule has 1 aliphatic carbocycles. The van der Waals surface area contributed by atoms with Gasteiger partial charge in [-0.3, -0.25) is 4.79 Å². The van der Waals surface area contributed by atoms with Crippen molar-refractivity contribution in [3.8, 4) is 11.5 Å². The Kier molecular flexibility index (Phi) is 8.65. The summed E-state index contributed by atoms with van der Waals surface area (Å²) in [6.07, 6.45) is 7.19. The second kappa shape index (κ2) is 12.1. The van der Waals surface area contributed by atoms with Gasteiger partial charge in [-0.05, 0) is 65.2 Å². The van der Waals surface area contributed by atoms with Crippen LogP contribution in [0.2, 0.25) is 0 Å². The van der Waals surface area contributed by atoms with Gasteiger partial charge in [0.15, 0.2) is 11.5 Å². The van der Waals surface area contributed by atoms with E-state index in [0.29, 0.717) is 29.0 Å². The molecule has 0 saturated heterocycles. The minimum atomic E-state index is -0.157. The zero-order valence-corrected chi connectivity index (χ0v) is 25.6. The fourth-order valence-corrected chi connectivity index (χ4v) is 6.30. The van der Waals surface area contributed by atoms with Crippen molar-refractivity contribution in [2.45, 2.75) is 44.6 Å². The molecule has 1 heterocycles. The summed E-state index contributed by atoms with van der Waals surface area (Å²) >= 11 is 10.7. The van der Waals surface area contributed by atoms with Crippen LogP contribution in [0.1, 0.15) is 55.0 Å². The summed E-state index contributed by atoms with van der Waals surface area (Å²) in [7, 11) is 1.60. The van der Waals surface area contributed by atoms with E-state index >= 15 is 0 Å². The Morgan fingerprint density at radius 3 is 2.55 bits per heavy atom. The van der Waals surface area contributed by atoms with Gasteiger partial charge in [0, 0.05) is 30.5 Å². The molecule has 3 aromatic carbocycles. The average Bonchev–Trinajstić information content (AvgIpc) is 2.93. The molecule has 1 fully saturated rings. The SMILES string of the molecule is COc1cc(C=Nn2c(C3CCCCC3)nc3ccccc3c2=O)c(Br)cc1OCc1ccc(Br)cc1Br. The molecule has 5 rings (SSSR count). The summed E-state index contributed by atoms with van der Waals surface area (Å²) in [4.78, 5) is 18.4. The largest absolute Gasteiger partial charge is 0.493 e. The van der Waals surface area contributed by atoms with Crippen LogP contribution in [0.3, 0.4) is 0 Å². The molecule has 0 radical (unpaired) electrons. The number of rotatable bonds is 7. The number of methoxy groups -OCH3 is 1. The number of fused-ring (bicyclic) bond motifs is 1. The fraction of sp³-hybridized carbons (Fsp3) is 0.276. The van der Waals surface area contributed by atoms with Crippen LogP contribution in [0, 0.1) is 0 Å². The van der Waals surface area contributed by atoms with Gasteiger partial charge in [0.25, 0.3) is 5.56 Å². The van der Waals surface area contributed by atoms with Crippen molar-refractivity contribution < 1.29 is 9.47 Å². The number of halogens is 3. The molecule has 0 atom stereocenters. The quantitative estimate of drug-likeness (QED) is 0.182. The Morgan fingerprint density at radius 2 is 1.79 bits per heavy atom. The number of hydrogen-bond donors (Lipinski definition) is 0. The van der Waals surface area contributed by atoms with Crippen LogP contribution in [0.25, 0.3) is 10.9 Å². The van der Waals surface area contributed by atoms with Crippen LogP contribution in [-0.2, 0) is 6.61 Å². The lowest BCUT2D eigenvalue weighted by molar-refractivity contribution is 0.283. The normalized spacial score (nSPS) is 14.3. The van der Waals surface area contributed by atoms with Gasteiger partial charge < -0.3 is 9.47 Å². The van der Waals surface area contributed by atoms with Crippen LogP contribution in [-0.4, -0.2) is 23.0 Å². The highest BCUT2D eigenvalue weighted by Gasteiger charge is 2.22. The Balaban J connectivity index is 1.48. The van der Waals surface area contributed by atoms with Crippen molar-refractivity contribution in [2.24, 2.45) is 5.10 Å². The molecule has 9 heteroatoms. The van der Waals surface area contributed by atoms with E-state index in [2.05, 4.69) is 52.9 Å². The van der Waals surface area contributed by atoms with Crippen LogP contribution in [0.4, 0.5) is 0 Å². The number of para-hydroxylation sites is 1. The Labute approximate surface area is 246 Å². The molecule has 0 spiro atoms. The van der Waals surface area contributed by atoms with Gasteiger partial charge in [0.1, 0.15) is 12.4 Å². The van der Waals surface area contributed by atoms with E-state index in [-0.39, 0.29) is 11.5 Å². The van der Waals surface area contributed by atoms with Crippen molar-refractivity contribution in [2.75, 3.05) is 7.11 Å². The molecule has 1 aromatic heterocycles. The monoisotopic (exact) mass is 701 g/mol. The van der Waals surface area contributed by atoms with E-state index in [1.807, 2.05) is 48.5 Å². The first-order chi connectivity index (χ1) is 18.4. The summed E-state index contributed by atoms with van der Waals surface area (Å²) in [5.41, 5.74) is 2.32. The maximum atomic E-state index is 13.5. The molecule has 6 nitrogen and oxygen atoms in total. The van der Waals surface area contributed by atoms with Crippen LogP contribution in [0.15, 0.2) is 77.9 Å². The van der Waals surface area contributed by atoms with Crippen LogP contribution < -0.4 is 15.0 Å². The van der Waals surface area contributed by atoms with Gasteiger partial charge in [0.2, 0.25) is 0 Å². The number of ether oxygens (including phenoxy) is 2. The highest BCUT2D eigenvalue weighted by molar-refractivity contribution is 9.11. The smallest absolute Gasteiger partial charge is 0.282 e. The minimum Gasteiger partial charge on any atom is -0.493 e. The molecular formula is C29H26Br3N3O3. The zero-order valence-electron chi connectivity index (χ0n) is 20.8. The predicted octanol–water partition coefficient (Wildman–Crippen LogP) is 8.20. The number of hydrogen-bond acceptors (Lipinski definition) is 5. The van der Waals surface area contributed by atoms with Gasteiger partial charge in [-0.15, -0.1) is 0 Å². The molecule has 0 amide bonds. The Hall–Kier alpha value is -2.49. The summed E-state index contributed by atoms with van der Waals surface area (Å²) in [6.45, 7) is 0.368. The molecule has 0 N–H and O–H groups in total. The van der Waals surface area contributed by atoms with Crippen LogP contribution >= 0.6 is 47.8 Å². The van der Waals surface area contributed by atoms with E-state index < -0.39 is 0 Å². The van der Waals surface area contributed by atoms with Gasteiger partial charge in [0.05, 0.1) is 24.2 Å². The molecule has 38 heavy (non-hydrogen) atoms. The molecule has 196 valence electrons. The molecular weight excluding hydrogens is 678 g/mol. The third-order valence-corrected chi connectivity index (χ3v) is 8.66. The van der Waals surface area contributed by atoms with Gasteiger partial charge in [-0.1, -0.05) is 69.3 Å². The van der Waals surface area contributed by atoms with Crippen molar-refractivity contribution in [1.82, 2.24) is 9.66 Å². The second-order valence-electron chi connectivity index (χ2n) is 9.23. The number of nitrogens with zero attached hydrogens (tertiary/aromatic N) is 3. The van der Waals surface area contributed by atoms with E-state index in [9.17, 15) is 4.79 Å². The molecule has 0 unspecified atom stereocenters. The van der Waals surface area contributed by atoms with Crippen molar-refractivity contribution >= 4 is 64.9 Å². The highest BCUT2D eigenvalue weighted by Crippen LogP contribution is 2.35. The summed E-state index contributed by atoms with van der Waals surface area (Å²) < 4.78 is 15.9. The second-order valence-corrected chi connectivity index (χ2v) is 11.9. The average molecular weight is 704 g/mol. The predicted molar refractivity (Wildman–Crippen MR) is 162 cm³/mol. The van der Waals surface area contributed by atoms with Crippen molar-refractivity contribution in [3.05, 3.63) is 95.3 Å². The summed E-state index contributed by atoms with van der Waals surface area (Å²) in [5.74, 6) is 2.11. The lowest BCUT2D eigenvalue weighted by Crippen LogP contribution is -2.25. The van der Waals surface area contributed by atoms with Gasteiger partial charge >= 0.3 is 0 Å². The highest BCUT2D eigenvalue weighted by atomic mass is 79.9. The van der Waals surface area contributed by atoms with E-state index in [0.717, 1.165) is 56.1 Å². The maximum Gasteiger partial charge on any atom is 0.282 e. The van der Waals surface area contributed by atoms with E-state index in [1.54, 1.807) is 19.4 Å². The number of benzene rings is 3. The maximum absolute atomic E-state index is 13.5. The third-order valence-electron chi connectivity index (χ3n) is 6.74. The summed E-state index contributed by atoms with van der Waals surface area (Å²) in [5, 5.41) is 5.22. The topological polar surface area (TPSA) is 65.7 Å². The zero-order chi connectivity index (χ0) is 26.6. The summed E-state index contributed by atoms with van der Waals surface area (Å²) in [6, 6.07) is 17.1. The van der Waals surface area contributed by atoms with Gasteiger partial charge in [-0.25, -0.2) is 4.98 Å². The Bertz CT molecular complexity index is 1560. The molecule has 1 saturated carbocycles. The van der Waals surface area contributed by atoms with Crippen LogP contribution in [0.5, 0.6) is 11.5 Å². The lowest BCUT2D eigenvalue weighted by atomic mass is 9.88. The van der Waals surface area contributed by atoms with E-state index in [1.165, 1.54) is 11.1 Å². The first kappa shape index (κ1) is 27.1. The standard InChI is InChI=1S/C29H26Br3N3O3/c1-37-26-13-20(24(32)15-27(26)38-17-19-11-12-21(30)14-23(19)31)16-33-35-28(18-7-3-2-4-8-18)34-25-10-6-5-9-22(25)29(35)36/h5-6,9-16,18H,2-4,7-8,17H2,1H3. The number of aromatic nitrogens is 2. The van der Waals surface area contributed by atoms with Gasteiger partial charge in [-0.2, -0.15) is 9.78 Å². The first-order valence-electron chi connectivity index (χ1n) is 12.4.